The monoisotopic (exact) mass is 175 g/mol. The van der Waals surface area contributed by atoms with Crippen molar-refractivity contribution < 1.29 is 13.2 Å². The van der Waals surface area contributed by atoms with Crippen molar-refractivity contribution in [2.24, 2.45) is 5.73 Å². The molecule has 0 saturated carbocycles. The number of halogens is 3. The largest absolute Gasteiger partial charge is 0.326 e. The fourth-order valence-electron chi connectivity index (χ4n) is 0.955. The zero-order chi connectivity index (χ0) is 9.14. The van der Waals surface area contributed by atoms with Crippen LogP contribution in [0, 0.1) is 5.82 Å². The Labute approximate surface area is 68.0 Å². The van der Waals surface area contributed by atoms with Gasteiger partial charge in [-0.25, -0.2) is 13.2 Å². The van der Waals surface area contributed by atoms with Gasteiger partial charge in [0.25, 0.3) is 6.43 Å². The normalized spacial score (nSPS) is 10.8. The maximum absolute atomic E-state index is 12.5. The lowest BCUT2D eigenvalue weighted by molar-refractivity contribution is 0.150. The van der Waals surface area contributed by atoms with E-state index in [1.54, 1.807) is 0 Å². The first-order valence-corrected chi connectivity index (χ1v) is 3.41. The minimum absolute atomic E-state index is 0.0000463. The molecule has 1 aromatic carbocycles. The Morgan fingerprint density at radius 1 is 1.33 bits per heavy atom. The second kappa shape index (κ2) is 3.58. The summed E-state index contributed by atoms with van der Waals surface area (Å²) in [5, 5.41) is 0. The van der Waals surface area contributed by atoms with Gasteiger partial charge in [0, 0.05) is 12.1 Å². The van der Waals surface area contributed by atoms with Crippen LogP contribution in [0.2, 0.25) is 0 Å². The number of alkyl halides is 2. The molecule has 0 aliphatic rings. The summed E-state index contributed by atoms with van der Waals surface area (Å²) in [6.45, 7) is -0.0000463. The molecule has 0 radical (unpaired) electrons. The molecule has 66 valence electrons. The fraction of sp³-hybridized carbons (Fsp3) is 0.250. The highest BCUT2D eigenvalue weighted by atomic mass is 19.3. The molecule has 4 heteroatoms. The predicted octanol–water partition coefficient (Wildman–Crippen LogP) is 2.22. The molecule has 0 bridgehead atoms. The van der Waals surface area contributed by atoms with E-state index in [1.807, 2.05) is 0 Å². The van der Waals surface area contributed by atoms with Gasteiger partial charge in [0.2, 0.25) is 0 Å². The quantitative estimate of drug-likeness (QED) is 0.732. The minimum atomic E-state index is -2.67. The summed E-state index contributed by atoms with van der Waals surface area (Å²) in [5.41, 5.74) is 5.14. The van der Waals surface area contributed by atoms with Gasteiger partial charge >= 0.3 is 0 Å². The molecule has 1 nitrogen and oxygen atoms in total. The maximum Gasteiger partial charge on any atom is 0.264 e. The van der Waals surface area contributed by atoms with Crippen molar-refractivity contribution >= 4 is 0 Å². The Morgan fingerprint density at radius 3 is 2.50 bits per heavy atom. The Balaban J connectivity index is 3.12. The molecule has 1 rings (SSSR count). The van der Waals surface area contributed by atoms with E-state index in [4.69, 9.17) is 5.73 Å². The van der Waals surface area contributed by atoms with Gasteiger partial charge in [-0.15, -0.1) is 0 Å². The second-order valence-corrected chi connectivity index (χ2v) is 2.35. The van der Waals surface area contributed by atoms with E-state index in [1.165, 1.54) is 6.07 Å². The summed E-state index contributed by atoms with van der Waals surface area (Å²) >= 11 is 0. The first-order valence-electron chi connectivity index (χ1n) is 3.41. The molecule has 0 saturated heterocycles. The van der Waals surface area contributed by atoms with E-state index in [9.17, 15) is 13.2 Å². The summed E-state index contributed by atoms with van der Waals surface area (Å²) in [6.07, 6.45) is -2.67. The number of hydrogen-bond donors (Lipinski definition) is 1. The third kappa shape index (κ3) is 1.76. The van der Waals surface area contributed by atoms with Crippen molar-refractivity contribution in [3.8, 4) is 0 Å². The molecule has 0 aliphatic heterocycles. The molecule has 0 spiro atoms. The fourth-order valence-corrected chi connectivity index (χ4v) is 0.955. The van der Waals surface area contributed by atoms with Gasteiger partial charge in [-0.05, 0) is 17.7 Å². The van der Waals surface area contributed by atoms with Crippen LogP contribution in [0.15, 0.2) is 18.2 Å². The average Bonchev–Trinajstić information content (AvgIpc) is 2.04. The van der Waals surface area contributed by atoms with Crippen LogP contribution in [0.25, 0.3) is 0 Å². The molecular formula is C8H8F3N. The van der Waals surface area contributed by atoms with Crippen LogP contribution in [0.4, 0.5) is 13.2 Å². The third-order valence-corrected chi connectivity index (χ3v) is 1.56. The molecule has 12 heavy (non-hydrogen) atoms. The van der Waals surface area contributed by atoms with Crippen LogP contribution >= 0.6 is 0 Å². The van der Waals surface area contributed by atoms with Crippen molar-refractivity contribution in [3.05, 3.63) is 35.1 Å². The first kappa shape index (κ1) is 9.06. The summed E-state index contributed by atoms with van der Waals surface area (Å²) in [5.74, 6) is -0.664. The van der Waals surface area contributed by atoms with Crippen molar-refractivity contribution in [3.63, 3.8) is 0 Å². The summed E-state index contributed by atoms with van der Waals surface area (Å²) in [7, 11) is 0. The molecule has 0 aliphatic carbocycles. The van der Waals surface area contributed by atoms with Crippen LogP contribution in [-0.4, -0.2) is 0 Å². The Hall–Kier alpha value is -1.03. The third-order valence-electron chi connectivity index (χ3n) is 1.56. The highest BCUT2D eigenvalue weighted by molar-refractivity contribution is 5.28. The van der Waals surface area contributed by atoms with E-state index in [0.717, 1.165) is 12.1 Å². The minimum Gasteiger partial charge on any atom is -0.326 e. The molecule has 0 atom stereocenters. The molecule has 0 unspecified atom stereocenters. The van der Waals surface area contributed by atoms with Gasteiger partial charge in [-0.3, -0.25) is 0 Å². The highest BCUT2D eigenvalue weighted by Crippen LogP contribution is 2.23. The van der Waals surface area contributed by atoms with Gasteiger partial charge in [0.05, 0.1) is 0 Å². The zero-order valence-electron chi connectivity index (χ0n) is 6.23. The van der Waals surface area contributed by atoms with Crippen LogP contribution in [-0.2, 0) is 6.54 Å². The molecule has 1 aromatic rings. The van der Waals surface area contributed by atoms with Crippen molar-refractivity contribution in [1.82, 2.24) is 0 Å². The summed E-state index contributed by atoms with van der Waals surface area (Å²) in [6, 6.07) is 3.21. The van der Waals surface area contributed by atoms with Crippen LogP contribution in [0.5, 0.6) is 0 Å². The number of benzene rings is 1. The average molecular weight is 175 g/mol. The number of rotatable bonds is 2. The smallest absolute Gasteiger partial charge is 0.264 e. The second-order valence-electron chi connectivity index (χ2n) is 2.35. The summed E-state index contributed by atoms with van der Waals surface area (Å²) < 4.78 is 36.8. The molecular weight excluding hydrogens is 167 g/mol. The van der Waals surface area contributed by atoms with Gasteiger partial charge in [-0.2, -0.15) is 0 Å². The first-order chi connectivity index (χ1) is 5.65. The molecule has 2 N–H and O–H groups in total. The van der Waals surface area contributed by atoms with Gasteiger partial charge in [-0.1, -0.05) is 6.07 Å². The van der Waals surface area contributed by atoms with Gasteiger partial charge < -0.3 is 5.73 Å². The van der Waals surface area contributed by atoms with E-state index in [0.29, 0.717) is 0 Å². The van der Waals surface area contributed by atoms with E-state index in [-0.39, 0.29) is 17.7 Å². The Kier molecular flexibility index (Phi) is 2.70. The Bertz CT molecular complexity index is 273. The van der Waals surface area contributed by atoms with Gasteiger partial charge in [0.1, 0.15) is 5.82 Å². The lowest BCUT2D eigenvalue weighted by Gasteiger charge is -2.05. The van der Waals surface area contributed by atoms with Crippen LogP contribution in [0.3, 0.4) is 0 Å². The highest BCUT2D eigenvalue weighted by Gasteiger charge is 2.12. The molecule has 0 amide bonds. The van der Waals surface area contributed by atoms with Gasteiger partial charge in [0.15, 0.2) is 0 Å². The van der Waals surface area contributed by atoms with Crippen molar-refractivity contribution in [2.75, 3.05) is 0 Å². The predicted molar refractivity (Wildman–Crippen MR) is 39.2 cm³/mol. The molecule has 0 aromatic heterocycles. The van der Waals surface area contributed by atoms with E-state index < -0.39 is 12.2 Å². The summed E-state index contributed by atoms with van der Waals surface area (Å²) in [4.78, 5) is 0. The lowest BCUT2D eigenvalue weighted by Crippen LogP contribution is -2.02. The van der Waals surface area contributed by atoms with Crippen LogP contribution in [0.1, 0.15) is 17.6 Å². The zero-order valence-corrected chi connectivity index (χ0v) is 6.23. The standard InChI is InChI=1S/C8H8F3N/c9-6-2-1-5(4-12)7(3-6)8(10)11/h1-3,8H,4,12H2. The number of hydrogen-bond acceptors (Lipinski definition) is 1. The van der Waals surface area contributed by atoms with E-state index >= 15 is 0 Å². The molecule has 0 heterocycles. The number of nitrogens with two attached hydrogens (primary N) is 1. The van der Waals surface area contributed by atoms with Crippen molar-refractivity contribution in [1.29, 1.82) is 0 Å². The maximum atomic E-state index is 12.5. The topological polar surface area (TPSA) is 26.0 Å². The van der Waals surface area contributed by atoms with Crippen LogP contribution < -0.4 is 5.73 Å². The molecule has 0 fully saturated rings. The lowest BCUT2D eigenvalue weighted by atomic mass is 10.1. The Morgan fingerprint density at radius 2 is 2.00 bits per heavy atom. The van der Waals surface area contributed by atoms with E-state index in [2.05, 4.69) is 0 Å². The van der Waals surface area contributed by atoms with Crippen molar-refractivity contribution in [2.45, 2.75) is 13.0 Å². The SMILES string of the molecule is NCc1ccc(F)cc1C(F)F.